The molecule has 0 spiro atoms. The van der Waals surface area contributed by atoms with Crippen LogP contribution >= 0.6 is 7.82 Å². The summed E-state index contributed by atoms with van der Waals surface area (Å²) in [6.07, 6.45) is -1.54. The molecule has 1 heterocycles. The molecule has 6 nitrogen and oxygen atoms in total. The van der Waals surface area contributed by atoms with Crippen LogP contribution in [0.1, 0.15) is 27.2 Å². The minimum atomic E-state index is -4.43. The van der Waals surface area contributed by atoms with Gasteiger partial charge in [-0.3, -0.25) is 4.57 Å². The van der Waals surface area contributed by atoms with Crippen molar-refractivity contribution in [1.82, 2.24) is 0 Å². The summed E-state index contributed by atoms with van der Waals surface area (Å²) < 4.78 is 26.3. The molecular formula is C10H18BO6PY2-2. The molecule has 1 N–H and O–H groups in total. The van der Waals surface area contributed by atoms with E-state index < -0.39 is 26.0 Å². The van der Waals surface area contributed by atoms with Gasteiger partial charge >= 0.3 is 0 Å². The third-order valence-electron chi connectivity index (χ3n) is 2.23. The summed E-state index contributed by atoms with van der Waals surface area (Å²) in [6, 6.07) is -0.661. The SMILES string of the molecule is [B][C@H]1C[C@@H](OP(=O)([O-])OCC(C)(C)C)[C@@H]([CH-]O)O1.[Y].[Y]. The van der Waals surface area contributed by atoms with Crippen LogP contribution in [-0.4, -0.2) is 37.8 Å². The molecule has 0 amide bonds. The van der Waals surface area contributed by atoms with Crippen molar-refractivity contribution < 1.29 is 93.8 Å². The molecule has 0 bridgehead atoms. The summed E-state index contributed by atoms with van der Waals surface area (Å²) in [5.41, 5.74) is -0.297. The Kier molecular flexibility index (Phi) is 12.6. The van der Waals surface area contributed by atoms with Gasteiger partial charge in [0.25, 0.3) is 7.82 Å². The summed E-state index contributed by atoms with van der Waals surface area (Å²) in [6.45, 7) is 6.26. The molecule has 10 heteroatoms. The van der Waals surface area contributed by atoms with E-state index in [0.717, 1.165) is 6.61 Å². The quantitative estimate of drug-likeness (QED) is 0.375. The van der Waals surface area contributed by atoms with Crippen LogP contribution in [-0.2, 0) is 83.8 Å². The Balaban J connectivity index is 0. The van der Waals surface area contributed by atoms with Crippen molar-refractivity contribution in [3.05, 3.63) is 6.61 Å². The Bertz CT molecular complexity index is 327. The molecule has 20 heavy (non-hydrogen) atoms. The predicted octanol–water partition coefficient (Wildman–Crippen LogP) is 0.715. The minimum Gasteiger partial charge on any atom is -0.756 e. The second-order valence-corrected chi connectivity index (χ2v) is 6.81. The van der Waals surface area contributed by atoms with Gasteiger partial charge in [-0.2, -0.15) is 6.61 Å². The van der Waals surface area contributed by atoms with Gasteiger partial charge in [0, 0.05) is 71.4 Å². The number of aliphatic hydroxyl groups excluding tert-OH is 1. The first kappa shape index (κ1) is 24.6. The maximum absolute atomic E-state index is 11.6. The van der Waals surface area contributed by atoms with Crippen molar-refractivity contribution in [2.45, 2.75) is 45.4 Å². The van der Waals surface area contributed by atoms with Gasteiger partial charge in [0.2, 0.25) is 0 Å². The monoisotopic (exact) mass is 454 g/mol. The zero-order valence-electron chi connectivity index (χ0n) is 11.9. The standard InChI is InChI=1S/C10H19BO6P.2Y/c1-10(2,3)6-15-18(13,14)17-7-4-9(11)16-8(7)5-12;;/h5,7-9,12H,4,6H2,1-3H3,(H,13,14);;/q-1;;/p-1/t7-,8-,9-;;/m1../s1. The van der Waals surface area contributed by atoms with Crippen molar-refractivity contribution in [2.75, 3.05) is 6.61 Å². The second-order valence-electron chi connectivity index (χ2n) is 5.45. The topological polar surface area (TPSA) is 88.1 Å². The van der Waals surface area contributed by atoms with E-state index in [0.29, 0.717) is 0 Å². The van der Waals surface area contributed by atoms with Crippen LogP contribution in [0.4, 0.5) is 0 Å². The Labute approximate surface area is 171 Å². The predicted molar refractivity (Wildman–Crippen MR) is 63.2 cm³/mol. The van der Waals surface area contributed by atoms with Gasteiger partial charge in [-0.1, -0.05) is 20.8 Å². The molecule has 110 valence electrons. The molecule has 1 unspecified atom stereocenters. The van der Waals surface area contributed by atoms with Crippen LogP contribution in [0.15, 0.2) is 0 Å². The molecule has 1 rings (SSSR count). The molecule has 1 aliphatic heterocycles. The molecule has 1 aliphatic rings. The van der Waals surface area contributed by atoms with Gasteiger partial charge in [-0.15, -0.1) is 0 Å². The Morgan fingerprint density at radius 1 is 1.50 bits per heavy atom. The van der Waals surface area contributed by atoms with Crippen LogP contribution in [0, 0.1) is 12.0 Å². The van der Waals surface area contributed by atoms with E-state index in [9.17, 15) is 9.46 Å². The van der Waals surface area contributed by atoms with Crippen molar-refractivity contribution in [1.29, 1.82) is 0 Å². The van der Waals surface area contributed by atoms with Crippen LogP contribution in [0.25, 0.3) is 0 Å². The van der Waals surface area contributed by atoms with E-state index in [1.54, 1.807) is 0 Å². The summed E-state index contributed by atoms with van der Waals surface area (Å²) in [7, 11) is 1.06. The molecular weight excluding hydrogens is 436 g/mol. The van der Waals surface area contributed by atoms with Crippen LogP contribution in [0.5, 0.6) is 0 Å². The number of ether oxygens (including phenoxy) is 1. The summed E-state index contributed by atoms with van der Waals surface area (Å²) in [5, 5.41) is 8.89. The van der Waals surface area contributed by atoms with Gasteiger partial charge in [0.15, 0.2) is 0 Å². The van der Waals surface area contributed by atoms with Crippen molar-refractivity contribution >= 4 is 15.7 Å². The first-order valence-electron chi connectivity index (χ1n) is 5.65. The number of hydrogen-bond donors (Lipinski definition) is 1. The van der Waals surface area contributed by atoms with Gasteiger partial charge < -0.3 is 23.8 Å². The summed E-state index contributed by atoms with van der Waals surface area (Å²) >= 11 is 0. The number of hydrogen-bond acceptors (Lipinski definition) is 6. The number of aliphatic hydroxyl groups is 1. The Morgan fingerprint density at radius 2 is 2.05 bits per heavy atom. The molecule has 0 saturated carbocycles. The van der Waals surface area contributed by atoms with E-state index in [-0.39, 0.29) is 83.9 Å². The first-order valence-corrected chi connectivity index (χ1v) is 7.11. The molecule has 1 fully saturated rings. The molecule has 1 saturated heterocycles. The second kappa shape index (κ2) is 10.2. The van der Waals surface area contributed by atoms with Crippen LogP contribution < -0.4 is 4.89 Å². The smallest absolute Gasteiger partial charge is 0.268 e. The third-order valence-corrected chi connectivity index (χ3v) is 3.20. The van der Waals surface area contributed by atoms with Crippen molar-refractivity contribution in [2.24, 2.45) is 5.41 Å². The first-order chi connectivity index (χ1) is 8.13. The zero-order valence-corrected chi connectivity index (χ0v) is 18.5. The maximum atomic E-state index is 11.6. The van der Waals surface area contributed by atoms with Crippen LogP contribution in [0.3, 0.4) is 0 Å². The Morgan fingerprint density at radius 3 is 2.50 bits per heavy atom. The largest absolute Gasteiger partial charge is 0.756 e. The maximum Gasteiger partial charge on any atom is 0.268 e. The summed E-state index contributed by atoms with van der Waals surface area (Å²) in [4.78, 5) is 11.6. The Hall–Kier alpha value is 2.30. The number of rotatable bonds is 5. The molecule has 4 atom stereocenters. The van der Waals surface area contributed by atoms with E-state index in [1.165, 1.54) is 0 Å². The fourth-order valence-corrected chi connectivity index (χ4v) is 2.56. The molecule has 4 radical (unpaired) electrons. The van der Waals surface area contributed by atoms with Crippen LogP contribution in [0.2, 0.25) is 0 Å². The third kappa shape index (κ3) is 9.44. The van der Waals surface area contributed by atoms with E-state index in [1.807, 2.05) is 20.8 Å². The van der Waals surface area contributed by atoms with E-state index in [4.69, 9.17) is 26.7 Å². The number of phosphoric ester groups is 1. The fraction of sp³-hybridized carbons (Fsp3) is 0.900. The van der Waals surface area contributed by atoms with Gasteiger partial charge in [-0.25, -0.2) is 0 Å². The average molecular weight is 454 g/mol. The van der Waals surface area contributed by atoms with E-state index >= 15 is 0 Å². The van der Waals surface area contributed by atoms with Crippen molar-refractivity contribution in [3.63, 3.8) is 0 Å². The molecule has 0 aliphatic carbocycles. The average Bonchev–Trinajstić information content (AvgIpc) is 2.54. The molecule has 0 aromatic carbocycles. The van der Waals surface area contributed by atoms with Crippen molar-refractivity contribution in [3.8, 4) is 0 Å². The summed E-state index contributed by atoms with van der Waals surface area (Å²) in [5.74, 6) is 0. The molecule has 0 aromatic heterocycles. The van der Waals surface area contributed by atoms with Gasteiger partial charge in [-0.05, 0) is 17.9 Å². The normalized spacial score (nSPS) is 29.1. The zero-order chi connectivity index (χ0) is 14.0. The van der Waals surface area contributed by atoms with E-state index in [2.05, 4.69) is 0 Å². The van der Waals surface area contributed by atoms with Gasteiger partial charge in [0.05, 0.1) is 12.7 Å². The number of phosphoric acid groups is 1. The van der Waals surface area contributed by atoms with Gasteiger partial charge in [0.1, 0.15) is 7.85 Å². The molecule has 0 aromatic rings. The fourth-order valence-electron chi connectivity index (χ4n) is 1.41. The minimum absolute atomic E-state index is 0.